The number of aryl methyl sites for hydroxylation is 1. The molecule has 2 heterocycles. The number of aromatic nitrogens is 4. The molecule has 4 rings (SSSR count). The molecule has 4 aromatic rings. The third-order valence-electron chi connectivity index (χ3n) is 4.39. The minimum Gasteiger partial charge on any atom is -0.476 e. The number of rotatable bonds is 7. The van der Waals surface area contributed by atoms with E-state index in [1.54, 1.807) is 0 Å². The highest BCUT2D eigenvalue weighted by Gasteiger charge is 2.12. The van der Waals surface area contributed by atoms with Crippen LogP contribution in [0.1, 0.15) is 31.2 Å². The SMILES string of the molecule is CCOc1nc2ccccc2nc1-c1cccc(/C=C/Cc2nnc(CC)o2)c1. The van der Waals surface area contributed by atoms with E-state index in [0.717, 1.165) is 34.3 Å². The lowest BCUT2D eigenvalue weighted by Gasteiger charge is -2.10. The van der Waals surface area contributed by atoms with E-state index >= 15 is 0 Å². The van der Waals surface area contributed by atoms with Crippen molar-refractivity contribution in [1.29, 1.82) is 0 Å². The van der Waals surface area contributed by atoms with E-state index < -0.39 is 0 Å². The molecule has 29 heavy (non-hydrogen) atoms. The summed E-state index contributed by atoms with van der Waals surface area (Å²) < 4.78 is 11.3. The molecule has 2 aromatic heterocycles. The van der Waals surface area contributed by atoms with Crippen molar-refractivity contribution < 1.29 is 9.15 Å². The number of para-hydroxylation sites is 2. The number of nitrogens with zero attached hydrogens (tertiary/aromatic N) is 4. The summed E-state index contributed by atoms with van der Waals surface area (Å²) in [6.45, 7) is 4.47. The first-order valence-electron chi connectivity index (χ1n) is 9.74. The molecule has 146 valence electrons. The second kappa shape index (κ2) is 8.65. The molecule has 0 spiro atoms. The first-order chi connectivity index (χ1) is 14.3. The number of allylic oxidation sites excluding steroid dienone is 1. The fraction of sp³-hybridized carbons (Fsp3) is 0.217. The maximum Gasteiger partial charge on any atom is 0.241 e. The quantitative estimate of drug-likeness (QED) is 0.450. The van der Waals surface area contributed by atoms with Gasteiger partial charge in [0, 0.05) is 18.4 Å². The van der Waals surface area contributed by atoms with E-state index in [0.29, 0.717) is 30.7 Å². The summed E-state index contributed by atoms with van der Waals surface area (Å²) in [5.74, 6) is 1.83. The zero-order valence-electron chi connectivity index (χ0n) is 16.5. The van der Waals surface area contributed by atoms with Crippen LogP contribution in [-0.4, -0.2) is 26.8 Å². The highest BCUT2D eigenvalue weighted by Crippen LogP contribution is 2.29. The van der Waals surface area contributed by atoms with Crippen LogP contribution in [0.4, 0.5) is 0 Å². The van der Waals surface area contributed by atoms with Crippen molar-refractivity contribution in [3.05, 3.63) is 72.0 Å². The Hall–Kier alpha value is -3.54. The molecule has 0 fully saturated rings. The lowest BCUT2D eigenvalue weighted by Crippen LogP contribution is -2.00. The molecule has 0 aliphatic rings. The predicted molar refractivity (Wildman–Crippen MR) is 113 cm³/mol. The van der Waals surface area contributed by atoms with Crippen molar-refractivity contribution in [3.63, 3.8) is 0 Å². The average molecular weight is 386 g/mol. The summed E-state index contributed by atoms with van der Waals surface area (Å²) >= 11 is 0. The molecule has 6 heteroatoms. The molecule has 0 atom stereocenters. The highest BCUT2D eigenvalue weighted by atomic mass is 16.5. The van der Waals surface area contributed by atoms with Crippen LogP contribution in [0.2, 0.25) is 0 Å². The van der Waals surface area contributed by atoms with Crippen LogP contribution in [0.15, 0.2) is 59.0 Å². The molecule has 0 saturated heterocycles. The number of hydrogen-bond donors (Lipinski definition) is 0. The van der Waals surface area contributed by atoms with E-state index in [-0.39, 0.29) is 0 Å². The largest absolute Gasteiger partial charge is 0.476 e. The molecular weight excluding hydrogens is 364 g/mol. The van der Waals surface area contributed by atoms with Gasteiger partial charge in [0.25, 0.3) is 0 Å². The van der Waals surface area contributed by atoms with Gasteiger partial charge in [-0.05, 0) is 30.7 Å². The molecular formula is C23H22N4O2. The van der Waals surface area contributed by atoms with Gasteiger partial charge in [-0.1, -0.05) is 49.4 Å². The van der Waals surface area contributed by atoms with Crippen molar-refractivity contribution in [2.45, 2.75) is 26.7 Å². The minimum atomic E-state index is 0.531. The number of benzene rings is 2. The Kier molecular flexibility index (Phi) is 5.61. The molecule has 0 unspecified atom stereocenters. The Morgan fingerprint density at radius 1 is 0.931 bits per heavy atom. The molecule has 0 aliphatic heterocycles. The normalized spacial score (nSPS) is 11.4. The standard InChI is InChI=1S/C23H22N4O2/c1-3-20-26-27-21(29-20)14-8-10-16-9-7-11-17(15-16)22-23(28-4-2)25-19-13-6-5-12-18(19)24-22/h5-13,15H,3-4,14H2,1-2H3/b10-8+. The lowest BCUT2D eigenvalue weighted by molar-refractivity contribution is 0.328. The molecule has 0 bridgehead atoms. The first kappa shape index (κ1) is 18.8. The first-order valence-corrected chi connectivity index (χ1v) is 9.74. The summed E-state index contributed by atoms with van der Waals surface area (Å²) in [5, 5.41) is 8.03. The number of hydrogen-bond acceptors (Lipinski definition) is 6. The van der Waals surface area contributed by atoms with Gasteiger partial charge in [-0.2, -0.15) is 0 Å². The van der Waals surface area contributed by atoms with Crippen LogP contribution < -0.4 is 4.74 Å². The van der Waals surface area contributed by atoms with Gasteiger partial charge in [0.15, 0.2) is 0 Å². The Labute approximate surface area is 169 Å². The van der Waals surface area contributed by atoms with E-state index in [1.807, 2.05) is 68.5 Å². The van der Waals surface area contributed by atoms with E-state index in [9.17, 15) is 0 Å². The molecule has 2 aromatic carbocycles. The second-order valence-electron chi connectivity index (χ2n) is 6.47. The topological polar surface area (TPSA) is 73.9 Å². The van der Waals surface area contributed by atoms with Crippen LogP contribution in [-0.2, 0) is 12.8 Å². The average Bonchev–Trinajstić information content (AvgIpc) is 3.22. The summed E-state index contributed by atoms with van der Waals surface area (Å²) in [7, 11) is 0. The van der Waals surface area contributed by atoms with E-state index in [4.69, 9.17) is 14.1 Å². The monoisotopic (exact) mass is 386 g/mol. The number of ether oxygens (including phenoxy) is 1. The van der Waals surface area contributed by atoms with Crippen LogP contribution >= 0.6 is 0 Å². The lowest BCUT2D eigenvalue weighted by atomic mass is 10.1. The van der Waals surface area contributed by atoms with Gasteiger partial charge in [-0.3, -0.25) is 0 Å². The van der Waals surface area contributed by atoms with Gasteiger partial charge in [-0.15, -0.1) is 10.2 Å². The van der Waals surface area contributed by atoms with Crippen molar-refractivity contribution in [2.24, 2.45) is 0 Å². The molecule has 0 N–H and O–H groups in total. The second-order valence-corrected chi connectivity index (χ2v) is 6.47. The Bertz CT molecular complexity index is 1150. The molecule has 0 saturated carbocycles. The van der Waals surface area contributed by atoms with Crippen LogP contribution in [0, 0.1) is 0 Å². The van der Waals surface area contributed by atoms with Crippen LogP contribution in [0.3, 0.4) is 0 Å². The van der Waals surface area contributed by atoms with E-state index in [2.05, 4.69) is 21.2 Å². The highest BCUT2D eigenvalue weighted by molar-refractivity contribution is 5.80. The van der Waals surface area contributed by atoms with Gasteiger partial charge in [0.05, 0.1) is 17.6 Å². The summed E-state index contributed by atoms with van der Waals surface area (Å²) in [5.41, 5.74) is 4.41. The van der Waals surface area contributed by atoms with Gasteiger partial charge < -0.3 is 9.15 Å². The molecule has 0 aliphatic carbocycles. The molecule has 6 nitrogen and oxygen atoms in total. The third kappa shape index (κ3) is 4.32. The van der Waals surface area contributed by atoms with Gasteiger partial charge in [-0.25, -0.2) is 9.97 Å². The zero-order chi connectivity index (χ0) is 20.1. The minimum absolute atomic E-state index is 0.531. The van der Waals surface area contributed by atoms with Crippen molar-refractivity contribution in [3.8, 4) is 17.1 Å². The summed E-state index contributed by atoms with van der Waals surface area (Å²) in [4.78, 5) is 9.45. The molecule has 0 radical (unpaired) electrons. The van der Waals surface area contributed by atoms with Crippen LogP contribution in [0.5, 0.6) is 5.88 Å². The van der Waals surface area contributed by atoms with Gasteiger partial charge in [0.1, 0.15) is 5.69 Å². The molecule has 0 amide bonds. The Balaban J connectivity index is 1.62. The summed E-state index contributed by atoms with van der Waals surface area (Å²) in [6, 6.07) is 15.9. The summed E-state index contributed by atoms with van der Waals surface area (Å²) in [6.07, 6.45) is 5.39. The Morgan fingerprint density at radius 2 is 1.72 bits per heavy atom. The van der Waals surface area contributed by atoms with Gasteiger partial charge in [0.2, 0.25) is 17.7 Å². The third-order valence-corrected chi connectivity index (χ3v) is 4.39. The Morgan fingerprint density at radius 3 is 2.48 bits per heavy atom. The van der Waals surface area contributed by atoms with Crippen molar-refractivity contribution in [1.82, 2.24) is 20.2 Å². The van der Waals surface area contributed by atoms with Crippen molar-refractivity contribution >= 4 is 17.1 Å². The zero-order valence-corrected chi connectivity index (χ0v) is 16.5. The fourth-order valence-corrected chi connectivity index (χ4v) is 3.01. The van der Waals surface area contributed by atoms with Crippen LogP contribution in [0.25, 0.3) is 28.4 Å². The predicted octanol–water partition coefficient (Wildman–Crippen LogP) is 4.90. The fourth-order valence-electron chi connectivity index (χ4n) is 3.01. The number of fused-ring (bicyclic) bond motifs is 1. The maximum absolute atomic E-state index is 5.77. The smallest absolute Gasteiger partial charge is 0.241 e. The van der Waals surface area contributed by atoms with E-state index in [1.165, 1.54) is 0 Å². The van der Waals surface area contributed by atoms with Crippen molar-refractivity contribution in [2.75, 3.05) is 6.61 Å². The van der Waals surface area contributed by atoms with Gasteiger partial charge >= 0.3 is 0 Å². The maximum atomic E-state index is 5.77.